The average Bonchev–Trinajstić information content (AvgIpc) is 3.07. The van der Waals surface area contributed by atoms with Crippen molar-refractivity contribution >= 4 is 17.5 Å². The summed E-state index contributed by atoms with van der Waals surface area (Å²) >= 11 is 0. The highest BCUT2D eigenvalue weighted by Crippen LogP contribution is 2.27. The smallest absolute Gasteiger partial charge is 0.253 e. The second-order valence-electron chi connectivity index (χ2n) is 8.06. The molecule has 1 aliphatic rings. The van der Waals surface area contributed by atoms with Crippen LogP contribution in [0.25, 0.3) is 0 Å². The van der Waals surface area contributed by atoms with Crippen molar-refractivity contribution < 1.29 is 14.1 Å². The first-order valence-electron chi connectivity index (χ1n) is 9.25. The number of nitrogens with one attached hydrogen (secondary N) is 1. The number of piperidine rings is 1. The van der Waals surface area contributed by atoms with E-state index in [2.05, 4.69) is 15.5 Å². The summed E-state index contributed by atoms with van der Waals surface area (Å²) in [5, 5.41) is 6.72. The summed E-state index contributed by atoms with van der Waals surface area (Å²) in [7, 11) is 0. The molecule has 1 fully saturated rings. The van der Waals surface area contributed by atoms with Gasteiger partial charge in [-0.3, -0.25) is 9.59 Å². The number of nitrogens with zero attached hydrogens (tertiary/aromatic N) is 3. The first-order chi connectivity index (χ1) is 12.7. The number of benzene rings is 1. The lowest BCUT2D eigenvalue weighted by Crippen LogP contribution is -2.39. The molecule has 0 radical (unpaired) electrons. The molecule has 7 nitrogen and oxygen atoms in total. The van der Waals surface area contributed by atoms with Crippen LogP contribution in [-0.2, 0) is 4.79 Å². The number of carbonyl (C=O) groups excluding carboxylic acids is 2. The van der Waals surface area contributed by atoms with Crippen LogP contribution < -0.4 is 5.32 Å². The molecule has 2 heterocycles. The zero-order valence-electron chi connectivity index (χ0n) is 16.3. The van der Waals surface area contributed by atoms with Gasteiger partial charge >= 0.3 is 0 Å². The fraction of sp³-hybridized carbons (Fsp3) is 0.500. The number of aryl methyl sites for hydroxylation is 1. The number of amides is 2. The lowest BCUT2D eigenvalue weighted by Gasteiger charge is -2.31. The van der Waals surface area contributed by atoms with E-state index in [4.69, 9.17) is 4.52 Å². The van der Waals surface area contributed by atoms with E-state index >= 15 is 0 Å². The molecule has 1 aromatic carbocycles. The minimum atomic E-state index is -0.498. The molecule has 1 unspecified atom stereocenters. The van der Waals surface area contributed by atoms with Crippen molar-refractivity contribution in [2.45, 2.75) is 46.5 Å². The molecule has 1 N–H and O–H groups in total. The Hall–Kier alpha value is -2.70. The van der Waals surface area contributed by atoms with Crippen LogP contribution in [0.2, 0.25) is 0 Å². The number of carbonyl (C=O) groups is 2. The molecule has 0 bridgehead atoms. The fourth-order valence-electron chi connectivity index (χ4n) is 3.07. The van der Waals surface area contributed by atoms with Crippen LogP contribution in [0.1, 0.15) is 61.6 Å². The van der Waals surface area contributed by atoms with Gasteiger partial charge in [0, 0.05) is 29.8 Å². The second kappa shape index (κ2) is 7.50. The summed E-state index contributed by atoms with van der Waals surface area (Å²) in [6.07, 6.45) is 1.81. The van der Waals surface area contributed by atoms with Crippen molar-refractivity contribution in [2.24, 2.45) is 5.41 Å². The fourth-order valence-corrected chi connectivity index (χ4v) is 3.07. The highest BCUT2D eigenvalue weighted by atomic mass is 16.5. The second-order valence-corrected chi connectivity index (χ2v) is 8.06. The summed E-state index contributed by atoms with van der Waals surface area (Å²) in [5.74, 6) is 1.12. The highest BCUT2D eigenvalue weighted by Gasteiger charge is 2.29. The van der Waals surface area contributed by atoms with E-state index in [1.165, 1.54) is 0 Å². The minimum absolute atomic E-state index is 0.0530. The standard InChI is InChI=1S/C20H26N4O3/c1-13-21-17(27-23-13)15-8-6-10-24(12-15)18(25)14-7-5-9-16(11-14)22-19(26)20(2,3)4/h5,7,9,11,15H,6,8,10,12H2,1-4H3,(H,22,26). The number of hydrogen-bond acceptors (Lipinski definition) is 5. The maximum Gasteiger partial charge on any atom is 0.253 e. The molecule has 27 heavy (non-hydrogen) atoms. The summed E-state index contributed by atoms with van der Waals surface area (Å²) in [4.78, 5) is 31.3. The van der Waals surface area contributed by atoms with E-state index < -0.39 is 5.41 Å². The highest BCUT2D eigenvalue weighted by molar-refractivity contribution is 5.98. The van der Waals surface area contributed by atoms with Gasteiger partial charge in [0.1, 0.15) is 0 Å². The Labute approximate surface area is 159 Å². The molecule has 0 saturated carbocycles. The number of hydrogen-bond donors (Lipinski definition) is 1. The average molecular weight is 370 g/mol. The maximum absolute atomic E-state index is 13.0. The van der Waals surface area contributed by atoms with E-state index in [1.54, 1.807) is 31.2 Å². The molecule has 7 heteroatoms. The number of aromatic nitrogens is 2. The summed E-state index contributed by atoms with van der Waals surface area (Å²) < 4.78 is 5.29. The Bertz CT molecular complexity index is 838. The Morgan fingerprint density at radius 2 is 2.07 bits per heavy atom. The topological polar surface area (TPSA) is 88.3 Å². The van der Waals surface area contributed by atoms with Crippen LogP contribution in [-0.4, -0.2) is 39.9 Å². The van der Waals surface area contributed by atoms with E-state index in [0.717, 1.165) is 12.8 Å². The molecular formula is C20H26N4O3. The van der Waals surface area contributed by atoms with E-state index in [0.29, 0.717) is 36.1 Å². The molecule has 1 aliphatic heterocycles. The third-order valence-electron chi connectivity index (χ3n) is 4.65. The van der Waals surface area contributed by atoms with Gasteiger partial charge in [-0.1, -0.05) is 32.0 Å². The van der Waals surface area contributed by atoms with Gasteiger partial charge in [-0.15, -0.1) is 0 Å². The van der Waals surface area contributed by atoms with Crippen LogP contribution in [0, 0.1) is 12.3 Å². The van der Waals surface area contributed by atoms with Gasteiger partial charge in [-0.05, 0) is 38.0 Å². The largest absolute Gasteiger partial charge is 0.339 e. The van der Waals surface area contributed by atoms with Crippen molar-refractivity contribution in [1.29, 1.82) is 0 Å². The number of anilines is 1. The van der Waals surface area contributed by atoms with Crippen LogP contribution in [0.5, 0.6) is 0 Å². The van der Waals surface area contributed by atoms with Gasteiger partial charge in [0.05, 0.1) is 5.92 Å². The lowest BCUT2D eigenvalue weighted by molar-refractivity contribution is -0.123. The Kier molecular flexibility index (Phi) is 5.30. The zero-order valence-corrected chi connectivity index (χ0v) is 16.3. The number of likely N-dealkylation sites (tertiary alicyclic amines) is 1. The Morgan fingerprint density at radius 3 is 2.74 bits per heavy atom. The molecule has 1 aromatic heterocycles. The molecule has 1 atom stereocenters. The molecule has 2 aromatic rings. The van der Waals surface area contributed by atoms with E-state index in [1.807, 2.05) is 25.7 Å². The van der Waals surface area contributed by atoms with Gasteiger partial charge in [-0.25, -0.2) is 0 Å². The predicted octanol–water partition coefficient (Wildman–Crippen LogP) is 3.38. The van der Waals surface area contributed by atoms with Crippen molar-refractivity contribution in [3.8, 4) is 0 Å². The third-order valence-corrected chi connectivity index (χ3v) is 4.65. The first kappa shape index (κ1) is 19.1. The van der Waals surface area contributed by atoms with Crippen molar-refractivity contribution in [2.75, 3.05) is 18.4 Å². The van der Waals surface area contributed by atoms with Gasteiger partial charge in [0.2, 0.25) is 11.8 Å². The van der Waals surface area contributed by atoms with Crippen molar-refractivity contribution in [3.05, 3.63) is 41.5 Å². The first-order valence-corrected chi connectivity index (χ1v) is 9.25. The maximum atomic E-state index is 13.0. The van der Waals surface area contributed by atoms with E-state index in [9.17, 15) is 9.59 Å². The minimum Gasteiger partial charge on any atom is -0.339 e. The monoisotopic (exact) mass is 370 g/mol. The summed E-state index contributed by atoms with van der Waals surface area (Å²) in [6, 6.07) is 7.08. The van der Waals surface area contributed by atoms with Crippen LogP contribution in [0.15, 0.2) is 28.8 Å². The van der Waals surface area contributed by atoms with Crippen molar-refractivity contribution in [3.63, 3.8) is 0 Å². The summed E-state index contributed by atoms with van der Waals surface area (Å²) in [6.45, 7) is 8.59. The molecule has 1 saturated heterocycles. The van der Waals surface area contributed by atoms with Crippen molar-refractivity contribution in [1.82, 2.24) is 15.0 Å². The van der Waals surface area contributed by atoms with Gasteiger partial charge < -0.3 is 14.7 Å². The lowest BCUT2D eigenvalue weighted by atomic mass is 9.95. The molecule has 2 amide bonds. The third kappa shape index (κ3) is 4.53. The van der Waals surface area contributed by atoms with Gasteiger partial charge in [-0.2, -0.15) is 4.98 Å². The molecule has 0 spiro atoms. The van der Waals surface area contributed by atoms with Gasteiger partial charge in [0.15, 0.2) is 5.82 Å². The molecule has 144 valence electrons. The van der Waals surface area contributed by atoms with Gasteiger partial charge in [0.25, 0.3) is 5.91 Å². The predicted molar refractivity (Wildman–Crippen MR) is 101 cm³/mol. The summed E-state index contributed by atoms with van der Waals surface area (Å²) in [5.41, 5.74) is 0.688. The van der Waals surface area contributed by atoms with Crippen LogP contribution >= 0.6 is 0 Å². The molecule has 3 rings (SSSR count). The SMILES string of the molecule is Cc1noc(C2CCCN(C(=O)c3cccc(NC(=O)C(C)(C)C)c3)C2)n1. The zero-order chi connectivity index (χ0) is 19.6. The van der Waals surface area contributed by atoms with E-state index in [-0.39, 0.29) is 17.7 Å². The Balaban J connectivity index is 1.71. The van der Waals surface area contributed by atoms with Crippen LogP contribution in [0.3, 0.4) is 0 Å². The Morgan fingerprint density at radius 1 is 1.30 bits per heavy atom. The molecular weight excluding hydrogens is 344 g/mol. The van der Waals surface area contributed by atoms with Crippen LogP contribution in [0.4, 0.5) is 5.69 Å². The number of rotatable bonds is 3. The normalized spacial score (nSPS) is 17.6. The quantitative estimate of drug-likeness (QED) is 0.895. The molecule has 0 aliphatic carbocycles.